The number of hydrogen-bond donors (Lipinski definition) is 2. The first-order chi connectivity index (χ1) is 11.4. The summed E-state index contributed by atoms with van der Waals surface area (Å²) in [4.78, 5) is 27.6. The summed E-state index contributed by atoms with van der Waals surface area (Å²) in [7, 11) is 0. The third-order valence-electron chi connectivity index (χ3n) is 3.45. The largest absolute Gasteiger partial charge is 0.480 e. The highest BCUT2D eigenvalue weighted by Crippen LogP contribution is 2.10. The fourth-order valence-corrected chi connectivity index (χ4v) is 2.24. The number of aryl methyl sites for hydroxylation is 2. The summed E-state index contributed by atoms with van der Waals surface area (Å²) in [5, 5.41) is 16.0. The number of carbonyl (C=O) groups is 2. The summed E-state index contributed by atoms with van der Waals surface area (Å²) < 4.78 is 1.68. The molecule has 2 aromatic rings. The van der Waals surface area contributed by atoms with Gasteiger partial charge in [-0.1, -0.05) is 12.2 Å². The van der Waals surface area contributed by atoms with Gasteiger partial charge in [-0.25, -0.2) is 14.5 Å². The van der Waals surface area contributed by atoms with Crippen LogP contribution in [0, 0.1) is 13.8 Å². The zero-order valence-corrected chi connectivity index (χ0v) is 13.9. The first-order valence-electron chi connectivity index (χ1n) is 7.57. The van der Waals surface area contributed by atoms with Crippen molar-refractivity contribution in [3.63, 3.8) is 0 Å². The van der Waals surface area contributed by atoms with Gasteiger partial charge in [0, 0.05) is 11.9 Å². The van der Waals surface area contributed by atoms with Gasteiger partial charge in [0.25, 0.3) is 5.91 Å². The molecule has 0 spiro atoms. The molecule has 2 N–H and O–H groups in total. The van der Waals surface area contributed by atoms with Crippen molar-refractivity contribution in [2.45, 2.75) is 33.2 Å². The van der Waals surface area contributed by atoms with Crippen molar-refractivity contribution in [2.75, 3.05) is 0 Å². The van der Waals surface area contributed by atoms with Gasteiger partial charge in [0.2, 0.25) is 0 Å². The van der Waals surface area contributed by atoms with Crippen LogP contribution in [0.5, 0.6) is 0 Å². The maximum Gasteiger partial charge on any atom is 0.326 e. The van der Waals surface area contributed by atoms with E-state index >= 15 is 0 Å². The number of aliphatic carboxylic acids is 1. The number of aromatic nitrogens is 3. The second-order valence-electron chi connectivity index (χ2n) is 5.41. The predicted octanol–water partition coefficient (Wildman–Crippen LogP) is 2.03. The standard InChI is InChI=1S/C17H20N4O3/c1-4-5-6-14(17(23)24)19-16(22)13-7-8-15(18-10-13)21-12(3)9-11(2)20-21/h4-5,7-10,14H,6H2,1-3H3,(H,19,22)(H,23,24)/b5-4+. The zero-order valence-electron chi connectivity index (χ0n) is 13.9. The third-order valence-corrected chi connectivity index (χ3v) is 3.45. The Morgan fingerprint density at radius 1 is 1.38 bits per heavy atom. The zero-order chi connectivity index (χ0) is 17.7. The molecule has 0 aliphatic rings. The van der Waals surface area contributed by atoms with Crippen LogP contribution in [0.15, 0.2) is 36.5 Å². The van der Waals surface area contributed by atoms with E-state index in [-0.39, 0.29) is 6.42 Å². The second kappa shape index (κ2) is 7.54. The number of rotatable bonds is 6. The van der Waals surface area contributed by atoms with Crippen LogP contribution in [0.1, 0.15) is 35.1 Å². The molecule has 24 heavy (non-hydrogen) atoms. The van der Waals surface area contributed by atoms with Crippen molar-refractivity contribution in [1.82, 2.24) is 20.1 Å². The molecule has 0 saturated carbocycles. The van der Waals surface area contributed by atoms with E-state index in [9.17, 15) is 9.59 Å². The quantitative estimate of drug-likeness (QED) is 0.791. The molecule has 0 saturated heterocycles. The number of carbonyl (C=O) groups excluding carboxylic acids is 1. The van der Waals surface area contributed by atoms with Gasteiger partial charge < -0.3 is 10.4 Å². The number of carboxylic acids is 1. The molecule has 7 nitrogen and oxygen atoms in total. The molecule has 0 aliphatic heterocycles. The second-order valence-corrected chi connectivity index (χ2v) is 5.41. The van der Waals surface area contributed by atoms with Crippen molar-refractivity contribution < 1.29 is 14.7 Å². The Morgan fingerprint density at radius 3 is 2.62 bits per heavy atom. The third kappa shape index (κ3) is 4.07. The number of amides is 1. The smallest absolute Gasteiger partial charge is 0.326 e. The SMILES string of the molecule is C/C=C/CC(NC(=O)c1ccc(-n2nc(C)cc2C)nc1)C(=O)O. The molecule has 1 amide bonds. The van der Waals surface area contributed by atoms with E-state index in [1.165, 1.54) is 6.20 Å². The van der Waals surface area contributed by atoms with Crippen LogP contribution in [0.3, 0.4) is 0 Å². The molecular formula is C17H20N4O3. The number of pyridine rings is 1. The number of carboxylic acid groups (broad SMARTS) is 1. The molecule has 0 aliphatic carbocycles. The van der Waals surface area contributed by atoms with Crippen molar-refractivity contribution in [1.29, 1.82) is 0 Å². The molecule has 7 heteroatoms. The summed E-state index contributed by atoms with van der Waals surface area (Å²) in [5.41, 5.74) is 2.12. The molecule has 1 atom stereocenters. The van der Waals surface area contributed by atoms with E-state index in [0.717, 1.165) is 11.4 Å². The van der Waals surface area contributed by atoms with Gasteiger partial charge in [0.1, 0.15) is 6.04 Å². The summed E-state index contributed by atoms with van der Waals surface area (Å²) >= 11 is 0. The monoisotopic (exact) mass is 328 g/mol. The Hall–Kier alpha value is -2.96. The number of nitrogens with one attached hydrogen (secondary N) is 1. The molecular weight excluding hydrogens is 308 g/mol. The topological polar surface area (TPSA) is 97.1 Å². The van der Waals surface area contributed by atoms with E-state index in [2.05, 4.69) is 15.4 Å². The van der Waals surface area contributed by atoms with Crippen LogP contribution in [0.2, 0.25) is 0 Å². The van der Waals surface area contributed by atoms with Gasteiger partial charge >= 0.3 is 5.97 Å². The van der Waals surface area contributed by atoms with Gasteiger partial charge in [-0.15, -0.1) is 0 Å². The average molecular weight is 328 g/mol. The lowest BCUT2D eigenvalue weighted by atomic mass is 10.1. The van der Waals surface area contributed by atoms with Gasteiger partial charge in [0.05, 0.1) is 11.3 Å². The maximum absolute atomic E-state index is 12.2. The summed E-state index contributed by atoms with van der Waals surface area (Å²) in [5.74, 6) is -0.950. The highest BCUT2D eigenvalue weighted by molar-refractivity contribution is 5.96. The molecule has 0 radical (unpaired) electrons. The summed E-state index contributed by atoms with van der Waals surface area (Å²) in [6.45, 7) is 5.60. The van der Waals surface area contributed by atoms with E-state index < -0.39 is 17.9 Å². The normalized spacial score (nSPS) is 12.3. The Bertz CT molecular complexity index is 763. The molecule has 1 unspecified atom stereocenters. The molecule has 2 rings (SSSR count). The first-order valence-corrected chi connectivity index (χ1v) is 7.57. The van der Waals surface area contributed by atoms with Crippen LogP contribution < -0.4 is 5.32 Å². The van der Waals surface area contributed by atoms with Crippen LogP contribution in [0.4, 0.5) is 0 Å². The van der Waals surface area contributed by atoms with Crippen LogP contribution in [-0.4, -0.2) is 37.8 Å². The lowest BCUT2D eigenvalue weighted by Crippen LogP contribution is -2.40. The van der Waals surface area contributed by atoms with Crippen LogP contribution in [0.25, 0.3) is 5.82 Å². The van der Waals surface area contributed by atoms with E-state index in [1.54, 1.807) is 35.9 Å². The summed E-state index contributed by atoms with van der Waals surface area (Å²) in [6, 6.07) is 4.24. The lowest BCUT2D eigenvalue weighted by Gasteiger charge is -2.12. The minimum Gasteiger partial charge on any atom is -0.480 e. The van der Waals surface area contributed by atoms with Crippen molar-refractivity contribution >= 4 is 11.9 Å². The van der Waals surface area contributed by atoms with E-state index in [0.29, 0.717) is 11.4 Å². The average Bonchev–Trinajstić information content (AvgIpc) is 2.89. The molecule has 2 aromatic heterocycles. The molecule has 0 bridgehead atoms. The number of hydrogen-bond acceptors (Lipinski definition) is 4. The highest BCUT2D eigenvalue weighted by Gasteiger charge is 2.19. The van der Waals surface area contributed by atoms with Gasteiger partial charge in [-0.3, -0.25) is 4.79 Å². The Kier molecular flexibility index (Phi) is 5.47. The fourth-order valence-electron chi connectivity index (χ4n) is 2.24. The first kappa shape index (κ1) is 17.4. The molecule has 2 heterocycles. The molecule has 0 fully saturated rings. The van der Waals surface area contributed by atoms with Crippen molar-refractivity contribution in [3.05, 3.63) is 53.5 Å². The Balaban J connectivity index is 2.13. The van der Waals surface area contributed by atoms with Crippen molar-refractivity contribution in [2.24, 2.45) is 0 Å². The maximum atomic E-state index is 12.2. The van der Waals surface area contributed by atoms with Gasteiger partial charge in [0.15, 0.2) is 5.82 Å². The predicted molar refractivity (Wildman–Crippen MR) is 89.2 cm³/mol. The Labute approximate surface area is 140 Å². The minimum absolute atomic E-state index is 0.231. The van der Waals surface area contributed by atoms with E-state index in [1.807, 2.05) is 19.9 Å². The minimum atomic E-state index is -1.08. The highest BCUT2D eigenvalue weighted by atomic mass is 16.4. The van der Waals surface area contributed by atoms with Gasteiger partial charge in [-0.2, -0.15) is 5.10 Å². The van der Waals surface area contributed by atoms with E-state index in [4.69, 9.17) is 5.11 Å². The summed E-state index contributed by atoms with van der Waals surface area (Å²) in [6.07, 6.45) is 5.08. The van der Waals surface area contributed by atoms with Crippen LogP contribution >= 0.6 is 0 Å². The fraction of sp³-hybridized carbons (Fsp3) is 0.294. The Morgan fingerprint density at radius 2 is 2.12 bits per heavy atom. The number of allylic oxidation sites excluding steroid dienone is 1. The molecule has 126 valence electrons. The van der Waals surface area contributed by atoms with Gasteiger partial charge in [-0.05, 0) is 45.4 Å². The number of nitrogens with zero attached hydrogens (tertiary/aromatic N) is 3. The van der Waals surface area contributed by atoms with Crippen LogP contribution in [-0.2, 0) is 4.79 Å². The van der Waals surface area contributed by atoms with Crippen molar-refractivity contribution in [3.8, 4) is 5.82 Å². The lowest BCUT2D eigenvalue weighted by molar-refractivity contribution is -0.139. The molecule has 0 aromatic carbocycles.